The van der Waals surface area contributed by atoms with Gasteiger partial charge in [-0.25, -0.2) is 0 Å². The molecule has 0 fully saturated rings. The molecule has 0 spiro atoms. The monoisotopic (exact) mass is 338 g/mol. The van der Waals surface area contributed by atoms with E-state index in [0.717, 1.165) is 0 Å². The van der Waals surface area contributed by atoms with Gasteiger partial charge in [0.15, 0.2) is 0 Å². The minimum atomic E-state index is 0.292. The van der Waals surface area contributed by atoms with Crippen molar-refractivity contribution in [3.8, 4) is 0 Å². The molecule has 0 heterocycles. The maximum absolute atomic E-state index is 2.43. The van der Waals surface area contributed by atoms with Gasteiger partial charge in [0.25, 0.3) is 0 Å². The second kappa shape index (κ2) is 4.97. The first-order valence-corrected chi connectivity index (χ1v) is 7.37. The molecule has 0 saturated heterocycles. The van der Waals surface area contributed by atoms with Crippen molar-refractivity contribution in [2.24, 2.45) is 0 Å². The van der Waals surface area contributed by atoms with E-state index in [-0.39, 0.29) is 0 Å². The molecule has 0 aliphatic heterocycles. The molecular weight excluding hydrogens is 319 g/mol. The van der Waals surface area contributed by atoms with Crippen LogP contribution in [0.1, 0.15) is 39.2 Å². The van der Waals surface area contributed by atoms with Crippen LogP contribution in [0, 0.1) is 3.57 Å². The molecule has 0 bridgehead atoms. The Bertz CT molecular complexity index is 524. The van der Waals surface area contributed by atoms with Gasteiger partial charge in [0, 0.05) is 3.57 Å². The Kier molecular flexibility index (Phi) is 3.76. The first-order chi connectivity index (χ1) is 8.10. The molecule has 1 heteroatoms. The molecule has 0 unspecified atom stereocenters. The lowest BCUT2D eigenvalue weighted by atomic mass is 9.76. The largest absolute Gasteiger partial charge is 0.0645 e. The summed E-state index contributed by atoms with van der Waals surface area (Å²) in [4.78, 5) is 0. The third-order valence-electron chi connectivity index (χ3n) is 4.04. The van der Waals surface area contributed by atoms with Crippen LogP contribution in [0.5, 0.6) is 0 Å². The minimum absolute atomic E-state index is 0.292. The fourth-order valence-electron chi connectivity index (χ4n) is 2.40. The average Bonchev–Trinajstić information content (AvgIpc) is 2.36. The van der Waals surface area contributed by atoms with Crippen LogP contribution in [0.4, 0.5) is 0 Å². The fraction of sp³-hybridized carbons (Fsp3) is 0.375. The first kappa shape index (κ1) is 12.9. The summed E-state index contributed by atoms with van der Waals surface area (Å²) in [5, 5.41) is 2.78. The van der Waals surface area contributed by atoms with Gasteiger partial charge in [0.2, 0.25) is 0 Å². The number of hydrogen-bond acceptors (Lipinski definition) is 0. The number of halogens is 1. The predicted molar refractivity (Wildman–Crippen MR) is 84.6 cm³/mol. The van der Waals surface area contributed by atoms with Gasteiger partial charge < -0.3 is 0 Å². The van der Waals surface area contributed by atoms with Crippen molar-refractivity contribution in [2.45, 2.75) is 39.0 Å². The summed E-state index contributed by atoms with van der Waals surface area (Å²) in [7, 11) is 0. The molecular formula is C16H19I. The molecule has 0 aliphatic carbocycles. The van der Waals surface area contributed by atoms with E-state index in [0.29, 0.717) is 5.41 Å². The molecule has 0 atom stereocenters. The first-order valence-electron chi connectivity index (χ1n) is 6.29. The average molecular weight is 338 g/mol. The summed E-state index contributed by atoms with van der Waals surface area (Å²) in [6.07, 6.45) is 2.38. The molecule has 2 aromatic rings. The molecule has 2 aromatic carbocycles. The van der Waals surface area contributed by atoms with Gasteiger partial charge in [0.1, 0.15) is 0 Å². The zero-order chi connectivity index (χ0) is 12.5. The highest BCUT2D eigenvalue weighted by Crippen LogP contribution is 2.36. The van der Waals surface area contributed by atoms with E-state index in [1.807, 2.05) is 0 Å². The zero-order valence-electron chi connectivity index (χ0n) is 10.8. The number of hydrogen-bond donors (Lipinski definition) is 0. The van der Waals surface area contributed by atoms with Crippen LogP contribution in [-0.4, -0.2) is 0 Å². The van der Waals surface area contributed by atoms with E-state index in [4.69, 9.17) is 0 Å². The molecule has 0 amide bonds. The second-order valence-electron chi connectivity index (χ2n) is 4.94. The van der Waals surface area contributed by atoms with E-state index >= 15 is 0 Å². The minimum Gasteiger partial charge on any atom is -0.0645 e. The van der Waals surface area contributed by atoms with E-state index < -0.39 is 0 Å². The van der Waals surface area contributed by atoms with Crippen LogP contribution in [-0.2, 0) is 5.41 Å². The predicted octanol–water partition coefficient (Wildman–Crippen LogP) is 5.52. The summed E-state index contributed by atoms with van der Waals surface area (Å²) < 4.78 is 1.34. The highest BCUT2D eigenvalue weighted by Gasteiger charge is 2.24. The lowest BCUT2D eigenvalue weighted by molar-refractivity contribution is 0.442. The van der Waals surface area contributed by atoms with Gasteiger partial charge in [-0.3, -0.25) is 0 Å². The van der Waals surface area contributed by atoms with Crippen molar-refractivity contribution in [1.82, 2.24) is 0 Å². The Labute approximate surface area is 118 Å². The van der Waals surface area contributed by atoms with E-state index in [1.54, 1.807) is 0 Å². The third-order valence-corrected chi connectivity index (χ3v) is 4.66. The SMILES string of the molecule is CCC(C)(CC)c1cc(I)cc2ccccc12. The number of fused-ring (bicyclic) bond motifs is 1. The van der Waals surface area contributed by atoms with Crippen LogP contribution in [0.15, 0.2) is 36.4 Å². The lowest BCUT2D eigenvalue weighted by Crippen LogP contribution is -2.20. The lowest BCUT2D eigenvalue weighted by Gasteiger charge is -2.29. The summed E-state index contributed by atoms with van der Waals surface area (Å²) in [6.45, 7) is 6.96. The highest BCUT2D eigenvalue weighted by atomic mass is 127. The summed E-state index contributed by atoms with van der Waals surface area (Å²) in [5.41, 5.74) is 1.80. The number of benzene rings is 2. The quantitative estimate of drug-likeness (QED) is 0.646. The Morgan fingerprint density at radius 2 is 1.71 bits per heavy atom. The van der Waals surface area contributed by atoms with Gasteiger partial charge in [0.05, 0.1) is 0 Å². The standard InChI is InChI=1S/C16H19I/c1-4-16(3,5-2)15-11-13(17)10-12-8-6-7-9-14(12)15/h6-11H,4-5H2,1-3H3. The van der Waals surface area contributed by atoms with Gasteiger partial charge >= 0.3 is 0 Å². The van der Waals surface area contributed by atoms with Crippen molar-refractivity contribution in [3.05, 3.63) is 45.5 Å². The van der Waals surface area contributed by atoms with Crippen LogP contribution in [0.2, 0.25) is 0 Å². The van der Waals surface area contributed by atoms with Crippen molar-refractivity contribution >= 4 is 33.4 Å². The fourth-order valence-corrected chi connectivity index (χ4v) is 3.05. The second-order valence-corrected chi connectivity index (χ2v) is 6.19. The molecule has 0 aliphatic rings. The molecule has 2 rings (SSSR count). The zero-order valence-corrected chi connectivity index (χ0v) is 12.9. The molecule has 0 radical (unpaired) electrons. The highest BCUT2D eigenvalue weighted by molar-refractivity contribution is 14.1. The van der Waals surface area contributed by atoms with Gasteiger partial charge in [-0.1, -0.05) is 45.0 Å². The Balaban J connectivity index is 2.75. The summed E-state index contributed by atoms with van der Waals surface area (Å²) in [5.74, 6) is 0. The van der Waals surface area contributed by atoms with E-state index in [9.17, 15) is 0 Å². The molecule has 17 heavy (non-hydrogen) atoms. The van der Waals surface area contributed by atoms with Crippen LogP contribution < -0.4 is 0 Å². The topological polar surface area (TPSA) is 0 Å². The molecule has 0 nitrogen and oxygen atoms in total. The van der Waals surface area contributed by atoms with Crippen LogP contribution in [0.3, 0.4) is 0 Å². The Morgan fingerprint density at radius 3 is 2.35 bits per heavy atom. The molecule has 0 aromatic heterocycles. The van der Waals surface area contributed by atoms with E-state index in [2.05, 4.69) is 79.8 Å². The third kappa shape index (κ3) is 2.35. The Hall–Kier alpha value is -0.570. The van der Waals surface area contributed by atoms with Gasteiger partial charge in [-0.2, -0.15) is 0 Å². The van der Waals surface area contributed by atoms with Crippen molar-refractivity contribution in [3.63, 3.8) is 0 Å². The Morgan fingerprint density at radius 1 is 1.06 bits per heavy atom. The van der Waals surface area contributed by atoms with Gasteiger partial charge in [-0.05, 0) is 69.3 Å². The summed E-state index contributed by atoms with van der Waals surface area (Å²) in [6, 6.07) is 13.4. The molecule has 0 saturated carbocycles. The maximum Gasteiger partial charge on any atom is 0.0139 e. The smallest absolute Gasteiger partial charge is 0.0139 e. The maximum atomic E-state index is 2.43. The van der Waals surface area contributed by atoms with Crippen molar-refractivity contribution < 1.29 is 0 Å². The van der Waals surface area contributed by atoms with Crippen molar-refractivity contribution in [2.75, 3.05) is 0 Å². The molecule has 90 valence electrons. The van der Waals surface area contributed by atoms with Crippen LogP contribution in [0.25, 0.3) is 10.8 Å². The van der Waals surface area contributed by atoms with Crippen LogP contribution >= 0.6 is 22.6 Å². The molecule has 0 N–H and O–H groups in total. The van der Waals surface area contributed by atoms with Gasteiger partial charge in [-0.15, -0.1) is 0 Å². The summed E-state index contributed by atoms with van der Waals surface area (Å²) >= 11 is 2.43. The van der Waals surface area contributed by atoms with E-state index in [1.165, 1.54) is 32.7 Å². The number of rotatable bonds is 3. The van der Waals surface area contributed by atoms with Crippen molar-refractivity contribution in [1.29, 1.82) is 0 Å². The normalized spacial score (nSPS) is 12.0.